The van der Waals surface area contributed by atoms with Crippen molar-refractivity contribution in [1.29, 1.82) is 0 Å². The Labute approximate surface area is 136 Å². The number of carbonyl (C=O) groups is 2. The summed E-state index contributed by atoms with van der Waals surface area (Å²) in [5, 5.41) is 0. The molecule has 0 radical (unpaired) electrons. The Morgan fingerprint density at radius 1 is 1.32 bits per heavy atom. The highest BCUT2D eigenvalue weighted by Crippen LogP contribution is 2.53. The van der Waals surface area contributed by atoms with Crippen molar-refractivity contribution in [2.24, 2.45) is 11.8 Å². The van der Waals surface area contributed by atoms with E-state index in [1.54, 1.807) is 12.1 Å². The number of carbonyl (C=O) groups excluding carboxylic acids is 2. The van der Waals surface area contributed by atoms with Crippen LogP contribution in [0.3, 0.4) is 0 Å². The molecule has 2 fully saturated rings. The first-order valence-corrected chi connectivity index (χ1v) is 7.84. The van der Waals surface area contributed by atoms with Crippen LogP contribution in [0.4, 0.5) is 5.69 Å². The molecule has 4 rings (SSSR count). The van der Waals surface area contributed by atoms with Gasteiger partial charge < -0.3 is 9.47 Å². The van der Waals surface area contributed by atoms with Crippen LogP contribution in [0.2, 0.25) is 0 Å². The van der Waals surface area contributed by atoms with E-state index >= 15 is 0 Å². The summed E-state index contributed by atoms with van der Waals surface area (Å²) < 4.78 is 11.9. The van der Waals surface area contributed by atoms with Gasteiger partial charge in [0.15, 0.2) is 0 Å². The second-order valence-corrected chi connectivity index (χ2v) is 6.87. The van der Waals surface area contributed by atoms with E-state index in [2.05, 4.69) is 15.9 Å². The number of amides is 2. The normalized spacial score (nSPS) is 35.4. The molecule has 0 unspecified atom stereocenters. The molecule has 4 atom stereocenters. The topological polar surface area (TPSA) is 55.8 Å². The standard InChI is InChI=1S/C16H14BrNO4/c1-16-6-5-11(22-16)12-13(16)15(20)18(14(12)19)9-7-8(17)3-4-10(9)21-2/h3-7,11-13H,1-2H3/t11-,12+,13-,16-/m1/s1. The second-order valence-electron chi connectivity index (χ2n) is 5.96. The molecule has 2 bridgehead atoms. The van der Waals surface area contributed by atoms with E-state index in [9.17, 15) is 9.59 Å². The minimum absolute atomic E-state index is 0.218. The molecule has 2 saturated heterocycles. The van der Waals surface area contributed by atoms with Crippen molar-refractivity contribution in [2.45, 2.75) is 18.6 Å². The Hall–Kier alpha value is -1.66. The van der Waals surface area contributed by atoms with Gasteiger partial charge in [-0.25, -0.2) is 4.90 Å². The van der Waals surface area contributed by atoms with E-state index in [4.69, 9.17) is 9.47 Å². The number of hydrogen-bond donors (Lipinski definition) is 0. The summed E-state index contributed by atoms with van der Waals surface area (Å²) >= 11 is 3.38. The third kappa shape index (κ3) is 1.62. The number of methoxy groups -OCH3 is 1. The van der Waals surface area contributed by atoms with Crippen LogP contribution in [0.25, 0.3) is 0 Å². The summed E-state index contributed by atoms with van der Waals surface area (Å²) in [6.07, 6.45) is 3.47. The van der Waals surface area contributed by atoms with Crippen molar-refractivity contribution in [1.82, 2.24) is 0 Å². The lowest BCUT2D eigenvalue weighted by molar-refractivity contribution is -0.126. The van der Waals surface area contributed by atoms with Gasteiger partial charge in [-0.2, -0.15) is 0 Å². The Morgan fingerprint density at radius 3 is 2.77 bits per heavy atom. The van der Waals surface area contributed by atoms with Gasteiger partial charge in [-0.15, -0.1) is 0 Å². The Morgan fingerprint density at radius 2 is 2.09 bits per heavy atom. The molecule has 0 aromatic heterocycles. The lowest BCUT2D eigenvalue weighted by Gasteiger charge is -2.24. The van der Waals surface area contributed by atoms with Crippen molar-refractivity contribution in [3.05, 3.63) is 34.8 Å². The minimum atomic E-state index is -0.684. The Bertz CT molecular complexity index is 731. The van der Waals surface area contributed by atoms with Crippen LogP contribution in [0.1, 0.15) is 6.92 Å². The summed E-state index contributed by atoms with van der Waals surface area (Å²) in [4.78, 5) is 27.0. The molecular weight excluding hydrogens is 350 g/mol. The molecule has 114 valence electrons. The van der Waals surface area contributed by atoms with Crippen LogP contribution in [0.5, 0.6) is 5.75 Å². The molecule has 5 nitrogen and oxygen atoms in total. The summed E-state index contributed by atoms with van der Waals surface area (Å²) in [6, 6.07) is 5.28. The molecule has 3 aliphatic rings. The van der Waals surface area contributed by atoms with Gasteiger partial charge >= 0.3 is 0 Å². The van der Waals surface area contributed by atoms with Crippen LogP contribution < -0.4 is 9.64 Å². The van der Waals surface area contributed by atoms with Crippen molar-refractivity contribution in [3.8, 4) is 5.75 Å². The third-order valence-corrected chi connectivity index (χ3v) is 5.20. The van der Waals surface area contributed by atoms with Gasteiger partial charge in [-0.1, -0.05) is 28.1 Å². The van der Waals surface area contributed by atoms with E-state index in [-0.39, 0.29) is 17.9 Å². The number of anilines is 1. The monoisotopic (exact) mass is 363 g/mol. The summed E-state index contributed by atoms with van der Waals surface area (Å²) in [5.41, 5.74) is -0.208. The lowest BCUT2D eigenvalue weighted by Crippen LogP contribution is -2.38. The van der Waals surface area contributed by atoms with Gasteiger partial charge in [-0.05, 0) is 25.1 Å². The van der Waals surface area contributed by atoms with E-state index in [1.807, 2.05) is 25.1 Å². The third-order valence-electron chi connectivity index (χ3n) is 4.71. The number of halogens is 1. The molecule has 1 aromatic rings. The first-order valence-electron chi connectivity index (χ1n) is 7.05. The quantitative estimate of drug-likeness (QED) is 0.597. The van der Waals surface area contributed by atoms with Gasteiger partial charge in [0.25, 0.3) is 0 Å². The molecule has 22 heavy (non-hydrogen) atoms. The largest absolute Gasteiger partial charge is 0.495 e. The van der Waals surface area contributed by atoms with Crippen molar-refractivity contribution in [3.63, 3.8) is 0 Å². The zero-order chi connectivity index (χ0) is 15.6. The number of nitrogens with zero attached hydrogens (tertiary/aromatic N) is 1. The predicted octanol–water partition coefficient (Wildman–Crippen LogP) is 2.29. The van der Waals surface area contributed by atoms with Crippen molar-refractivity contribution in [2.75, 3.05) is 12.0 Å². The van der Waals surface area contributed by atoms with Crippen molar-refractivity contribution >= 4 is 33.4 Å². The van der Waals surface area contributed by atoms with Crippen LogP contribution in [0, 0.1) is 11.8 Å². The first kappa shape index (κ1) is 14.0. The van der Waals surface area contributed by atoms with Crippen LogP contribution >= 0.6 is 15.9 Å². The number of rotatable bonds is 2. The van der Waals surface area contributed by atoms with Crippen LogP contribution in [0.15, 0.2) is 34.8 Å². The highest BCUT2D eigenvalue weighted by molar-refractivity contribution is 9.10. The fourth-order valence-corrected chi connectivity index (χ4v) is 4.08. The van der Waals surface area contributed by atoms with Gasteiger partial charge in [0.2, 0.25) is 11.8 Å². The van der Waals surface area contributed by atoms with E-state index in [0.717, 1.165) is 4.47 Å². The number of ether oxygens (including phenoxy) is 2. The summed E-state index contributed by atoms with van der Waals surface area (Å²) in [7, 11) is 1.52. The minimum Gasteiger partial charge on any atom is -0.495 e. The average Bonchev–Trinajstić information content (AvgIpc) is 3.08. The maximum Gasteiger partial charge on any atom is 0.241 e. The molecule has 1 aromatic carbocycles. The van der Waals surface area contributed by atoms with Gasteiger partial charge in [0.05, 0.1) is 36.3 Å². The zero-order valence-corrected chi connectivity index (χ0v) is 13.7. The predicted molar refractivity (Wildman–Crippen MR) is 82.6 cm³/mol. The molecule has 0 spiro atoms. The summed E-state index contributed by atoms with van der Waals surface area (Å²) in [5.74, 6) is -0.841. The van der Waals surface area contributed by atoms with E-state index in [1.165, 1.54) is 12.0 Å². The number of hydrogen-bond acceptors (Lipinski definition) is 4. The molecule has 0 aliphatic carbocycles. The maximum atomic E-state index is 12.9. The Kier molecular flexibility index (Phi) is 2.81. The molecule has 2 amide bonds. The molecule has 0 saturated carbocycles. The fourth-order valence-electron chi connectivity index (χ4n) is 3.73. The highest BCUT2D eigenvalue weighted by atomic mass is 79.9. The number of imide groups is 1. The number of fused-ring (bicyclic) bond motifs is 5. The molecule has 0 N–H and O–H groups in total. The highest BCUT2D eigenvalue weighted by Gasteiger charge is 2.66. The van der Waals surface area contributed by atoms with Crippen molar-refractivity contribution < 1.29 is 19.1 Å². The zero-order valence-electron chi connectivity index (χ0n) is 12.1. The maximum absolute atomic E-state index is 12.9. The molecule has 3 aliphatic heterocycles. The first-order chi connectivity index (χ1) is 10.5. The molecule has 3 heterocycles. The summed E-state index contributed by atoms with van der Waals surface area (Å²) in [6.45, 7) is 1.86. The molecular formula is C16H14BrNO4. The van der Waals surface area contributed by atoms with E-state index in [0.29, 0.717) is 11.4 Å². The van der Waals surface area contributed by atoms with Gasteiger partial charge in [-0.3, -0.25) is 9.59 Å². The Balaban J connectivity index is 1.82. The lowest BCUT2D eigenvalue weighted by atomic mass is 9.78. The average molecular weight is 364 g/mol. The number of benzene rings is 1. The fraction of sp³-hybridized carbons (Fsp3) is 0.375. The van der Waals surface area contributed by atoms with Crippen LogP contribution in [-0.4, -0.2) is 30.6 Å². The second kappa shape index (κ2) is 4.43. The molecule has 6 heteroatoms. The van der Waals surface area contributed by atoms with Gasteiger partial charge in [0.1, 0.15) is 5.75 Å². The van der Waals surface area contributed by atoms with Gasteiger partial charge in [0, 0.05) is 4.47 Å². The van der Waals surface area contributed by atoms with Crippen LogP contribution in [-0.2, 0) is 14.3 Å². The van der Waals surface area contributed by atoms with E-state index < -0.39 is 17.4 Å². The SMILES string of the molecule is COc1ccc(Br)cc1N1C(=O)[C@H]2[C@H]3C=C[C@@](C)(O3)[C@H]2C1=O. The smallest absolute Gasteiger partial charge is 0.241 e.